The Morgan fingerprint density at radius 2 is 1.53 bits per heavy atom. The quantitative estimate of drug-likeness (QED) is 0.541. The zero-order valence-electron chi connectivity index (χ0n) is 16.3. The summed E-state index contributed by atoms with van der Waals surface area (Å²) >= 11 is 0. The molecular weight excluding hydrogens is 380 g/mol. The number of carbonyl (C=O) groups is 3. The van der Waals surface area contributed by atoms with Gasteiger partial charge in [-0.25, -0.2) is 4.90 Å². The zero-order chi connectivity index (χ0) is 20.8. The van der Waals surface area contributed by atoms with E-state index in [2.05, 4.69) is 5.32 Å². The molecule has 6 nitrogen and oxygen atoms in total. The number of anilines is 1. The summed E-state index contributed by atoms with van der Waals surface area (Å²) in [5.41, 5.74) is 1.41. The number of hydrogen-bond donors (Lipinski definition) is 1. The highest BCUT2D eigenvalue weighted by molar-refractivity contribution is 6.23. The van der Waals surface area contributed by atoms with Crippen LogP contribution in [0.15, 0.2) is 72.8 Å². The fourth-order valence-electron chi connectivity index (χ4n) is 4.79. The van der Waals surface area contributed by atoms with Crippen LogP contribution in [0.3, 0.4) is 0 Å². The number of fused-ring (bicyclic) bond motifs is 2. The summed E-state index contributed by atoms with van der Waals surface area (Å²) in [6.45, 7) is 0. The van der Waals surface area contributed by atoms with Gasteiger partial charge in [0, 0.05) is 6.04 Å². The Morgan fingerprint density at radius 1 is 0.867 bits per heavy atom. The summed E-state index contributed by atoms with van der Waals surface area (Å²) in [6, 6.07) is 21.2. The number of para-hydroxylation sites is 1. The third kappa shape index (κ3) is 2.64. The van der Waals surface area contributed by atoms with Crippen LogP contribution in [0.25, 0.3) is 10.8 Å². The van der Waals surface area contributed by atoms with E-state index in [1.54, 1.807) is 24.3 Å². The number of methoxy groups -OCH3 is 1. The lowest BCUT2D eigenvalue weighted by atomic mass is 9.85. The first-order valence-electron chi connectivity index (χ1n) is 9.86. The van der Waals surface area contributed by atoms with Crippen molar-refractivity contribution in [3.05, 3.63) is 78.4 Å². The van der Waals surface area contributed by atoms with E-state index in [1.165, 1.54) is 12.0 Å². The SMILES string of the molecule is COC(=O)[C@@H]1N[C@H](c2cccc3ccccc23)[C@@H]2C(=O)N(c3ccccc3)C(=O)[C@@H]21. The van der Waals surface area contributed by atoms with E-state index in [-0.39, 0.29) is 11.8 Å². The standard InChI is InChI=1S/C24H20N2O4/c1-30-24(29)21-19-18(22(27)26(23(19)28)15-10-3-2-4-11-15)20(25-21)17-13-7-9-14-8-5-6-12-16(14)17/h2-13,18-21,25H,1H3/t18-,19+,20-,21-/m1/s1. The lowest BCUT2D eigenvalue weighted by Crippen LogP contribution is -2.43. The maximum Gasteiger partial charge on any atom is 0.323 e. The molecule has 0 bridgehead atoms. The van der Waals surface area contributed by atoms with Gasteiger partial charge in [0.2, 0.25) is 11.8 Å². The second-order valence-corrected chi connectivity index (χ2v) is 7.61. The van der Waals surface area contributed by atoms with Crippen molar-refractivity contribution in [2.24, 2.45) is 11.8 Å². The molecule has 0 saturated carbocycles. The van der Waals surface area contributed by atoms with Crippen LogP contribution >= 0.6 is 0 Å². The van der Waals surface area contributed by atoms with Gasteiger partial charge in [0.15, 0.2) is 0 Å². The summed E-state index contributed by atoms with van der Waals surface area (Å²) in [4.78, 5) is 40.6. The third-order valence-corrected chi connectivity index (χ3v) is 6.10. The van der Waals surface area contributed by atoms with Crippen molar-refractivity contribution in [3.63, 3.8) is 0 Å². The molecule has 0 unspecified atom stereocenters. The summed E-state index contributed by atoms with van der Waals surface area (Å²) < 4.78 is 4.96. The molecule has 1 N–H and O–H groups in total. The lowest BCUT2D eigenvalue weighted by molar-refractivity contribution is -0.145. The van der Waals surface area contributed by atoms with Crippen molar-refractivity contribution >= 4 is 34.2 Å². The first kappa shape index (κ1) is 18.5. The number of amides is 2. The van der Waals surface area contributed by atoms with E-state index >= 15 is 0 Å². The van der Waals surface area contributed by atoms with E-state index in [0.29, 0.717) is 5.69 Å². The van der Waals surface area contributed by atoms with Gasteiger partial charge in [-0.05, 0) is 28.5 Å². The number of esters is 1. The van der Waals surface area contributed by atoms with Crippen LogP contribution in [0.4, 0.5) is 5.69 Å². The molecule has 0 radical (unpaired) electrons. The van der Waals surface area contributed by atoms with Crippen LogP contribution in [0.5, 0.6) is 0 Å². The van der Waals surface area contributed by atoms with Gasteiger partial charge in [-0.15, -0.1) is 0 Å². The zero-order valence-corrected chi connectivity index (χ0v) is 16.3. The van der Waals surface area contributed by atoms with Gasteiger partial charge >= 0.3 is 5.97 Å². The Kier molecular flexibility index (Phi) is 4.37. The fourth-order valence-corrected chi connectivity index (χ4v) is 4.79. The average Bonchev–Trinajstić information content (AvgIpc) is 3.30. The van der Waals surface area contributed by atoms with Gasteiger partial charge < -0.3 is 4.74 Å². The van der Waals surface area contributed by atoms with E-state index in [0.717, 1.165) is 16.3 Å². The molecule has 2 fully saturated rings. The van der Waals surface area contributed by atoms with Gasteiger partial charge in [-0.2, -0.15) is 0 Å². The number of benzene rings is 3. The van der Waals surface area contributed by atoms with Crippen molar-refractivity contribution in [1.29, 1.82) is 0 Å². The van der Waals surface area contributed by atoms with E-state index in [4.69, 9.17) is 4.74 Å². The van der Waals surface area contributed by atoms with Gasteiger partial charge in [0.05, 0.1) is 24.6 Å². The van der Waals surface area contributed by atoms with Crippen molar-refractivity contribution in [1.82, 2.24) is 5.32 Å². The number of rotatable bonds is 3. The molecule has 5 rings (SSSR count). The number of imide groups is 1. The summed E-state index contributed by atoms with van der Waals surface area (Å²) in [6.07, 6.45) is 0. The van der Waals surface area contributed by atoms with Gasteiger partial charge in [-0.1, -0.05) is 60.7 Å². The third-order valence-electron chi connectivity index (χ3n) is 6.10. The minimum absolute atomic E-state index is 0.298. The predicted molar refractivity (Wildman–Crippen MR) is 112 cm³/mol. The Balaban J connectivity index is 1.64. The normalized spacial score (nSPS) is 25.6. The molecule has 6 heteroatoms. The molecule has 3 aromatic carbocycles. The second kappa shape index (κ2) is 7.07. The first-order valence-corrected chi connectivity index (χ1v) is 9.86. The van der Waals surface area contributed by atoms with E-state index in [9.17, 15) is 14.4 Å². The minimum atomic E-state index is -0.880. The van der Waals surface area contributed by atoms with Crippen LogP contribution in [0.1, 0.15) is 11.6 Å². The Labute approximate surface area is 173 Å². The van der Waals surface area contributed by atoms with E-state index < -0.39 is 29.9 Å². The first-order chi connectivity index (χ1) is 14.6. The monoisotopic (exact) mass is 400 g/mol. The molecule has 150 valence electrons. The molecule has 3 aromatic rings. The highest BCUT2D eigenvalue weighted by Crippen LogP contribution is 2.46. The Hall–Kier alpha value is -3.51. The van der Waals surface area contributed by atoms with Crippen LogP contribution < -0.4 is 10.2 Å². The Bertz CT molecular complexity index is 1150. The number of carbonyl (C=O) groups excluding carboxylic acids is 3. The summed E-state index contributed by atoms with van der Waals surface area (Å²) in [7, 11) is 1.29. The molecule has 2 heterocycles. The van der Waals surface area contributed by atoms with Crippen LogP contribution in [-0.2, 0) is 19.1 Å². The molecule has 2 aliphatic rings. The number of nitrogens with one attached hydrogen (secondary N) is 1. The molecule has 0 aliphatic carbocycles. The molecule has 2 amide bonds. The number of nitrogens with zero attached hydrogens (tertiary/aromatic N) is 1. The topological polar surface area (TPSA) is 75.7 Å². The van der Waals surface area contributed by atoms with Crippen LogP contribution in [-0.4, -0.2) is 30.9 Å². The van der Waals surface area contributed by atoms with Gasteiger partial charge in [0.1, 0.15) is 6.04 Å². The molecule has 0 aromatic heterocycles. The maximum absolute atomic E-state index is 13.5. The predicted octanol–water partition coefficient (Wildman–Crippen LogP) is 2.83. The van der Waals surface area contributed by atoms with Crippen molar-refractivity contribution in [2.45, 2.75) is 12.1 Å². The molecular formula is C24H20N2O4. The second-order valence-electron chi connectivity index (χ2n) is 7.61. The van der Waals surface area contributed by atoms with Crippen LogP contribution in [0.2, 0.25) is 0 Å². The van der Waals surface area contributed by atoms with Gasteiger partial charge in [0.25, 0.3) is 0 Å². The summed E-state index contributed by atoms with van der Waals surface area (Å²) in [5, 5.41) is 5.26. The maximum atomic E-state index is 13.5. The minimum Gasteiger partial charge on any atom is -0.468 e. The molecule has 0 spiro atoms. The molecule has 30 heavy (non-hydrogen) atoms. The lowest BCUT2D eigenvalue weighted by Gasteiger charge is -2.22. The fraction of sp³-hybridized carbons (Fsp3) is 0.208. The highest BCUT2D eigenvalue weighted by atomic mass is 16.5. The molecule has 2 aliphatic heterocycles. The van der Waals surface area contributed by atoms with E-state index in [1.807, 2.05) is 48.5 Å². The van der Waals surface area contributed by atoms with Crippen molar-refractivity contribution < 1.29 is 19.1 Å². The van der Waals surface area contributed by atoms with Gasteiger partial charge in [-0.3, -0.25) is 19.7 Å². The summed E-state index contributed by atoms with van der Waals surface area (Å²) in [5.74, 6) is -2.71. The molecule has 2 saturated heterocycles. The number of hydrogen-bond acceptors (Lipinski definition) is 5. The number of ether oxygens (including phenoxy) is 1. The van der Waals surface area contributed by atoms with Crippen molar-refractivity contribution in [2.75, 3.05) is 12.0 Å². The molecule has 4 atom stereocenters. The van der Waals surface area contributed by atoms with Crippen LogP contribution in [0, 0.1) is 11.8 Å². The largest absolute Gasteiger partial charge is 0.468 e. The smallest absolute Gasteiger partial charge is 0.323 e. The van der Waals surface area contributed by atoms with Crippen molar-refractivity contribution in [3.8, 4) is 0 Å². The highest BCUT2D eigenvalue weighted by Gasteiger charge is 2.61. The average molecular weight is 400 g/mol. The Morgan fingerprint density at radius 3 is 2.30 bits per heavy atom.